The lowest BCUT2D eigenvalue weighted by Gasteiger charge is -2.26. The van der Waals surface area contributed by atoms with E-state index in [1.807, 2.05) is 6.07 Å². The quantitative estimate of drug-likeness (QED) is 0.270. The average molecular weight is 551 g/mol. The van der Waals surface area contributed by atoms with E-state index in [0.29, 0.717) is 21.6 Å². The lowest BCUT2D eigenvalue weighted by atomic mass is 9.92. The smallest absolute Gasteiger partial charge is 0.261 e. The van der Waals surface area contributed by atoms with Gasteiger partial charge in [-0.1, -0.05) is 30.0 Å². The number of aromatic nitrogens is 3. The molecule has 196 valence electrons. The van der Waals surface area contributed by atoms with Crippen LogP contribution in [0.25, 0.3) is 11.3 Å². The molecular weight excluding hydrogens is 523 g/mol. The summed E-state index contributed by atoms with van der Waals surface area (Å²) >= 11 is 1.14. The third kappa shape index (κ3) is 6.29. The molecule has 5 rings (SSSR count). The maximum absolute atomic E-state index is 15.1. The van der Waals surface area contributed by atoms with Crippen LogP contribution in [-0.4, -0.2) is 35.5 Å². The van der Waals surface area contributed by atoms with Gasteiger partial charge in [0.1, 0.15) is 10.8 Å². The van der Waals surface area contributed by atoms with E-state index in [1.165, 1.54) is 24.3 Å². The lowest BCUT2D eigenvalue weighted by molar-refractivity contribution is 0.410. The van der Waals surface area contributed by atoms with Crippen molar-refractivity contribution in [2.24, 2.45) is 5.73 Å². The molecule has 0 aliphatic heterocycles. The zero-order valence-electron chi connectivity index (χ0n) is 20.4. The van der Waals surface area contributed by atoms with E-state index in [4.69, 9.17) is 5.73 Å². The highest BCUT2D eigenvalue weighted by Gasteiger charge is 2.20. The van der Waals surface area contributed by atoms with Crippen LogP contribution in [0.2, 0.25) is 0 Å². The number of anilines is 2. The van der Waals surface area contributed by atoms with Crippen LogP contribution in [0.1, 0.15) is 25.7 Å². The van der Waals surface area contributed by atoms with Crippen LogP contribution >= 0.6 is 11.8 Å². The number of sulfonamides is 1. The molecule has 0 amide bonds. The number of nitrogens with two attached hydrogens (primary N) is 1. The van der Waals surface area contributed by atoms with Gasteiger partial charge in [0.05, 0.1) is 16.3 Å². The molecule has 0 radical (unpaired) electrons. The summed E-state index contributed by atoms with van der Waals surface area (Å²) in [6.45, 7) is 0. The van der Waals surface area contributed by atoms with Crippen LogP contribution in [0, 0.1) is 5.82 Å². The van der Waals surface area contributed by atoms with Crippen molar-refractivity contribution in [1.29, 1.82) is 0 Å². The number of hydrogen-bond acceptors (Lipinski definition) is 8. The molecule has 2 aromatic carbocycles. The monoisotopic (exact) mass is 550 g/mol. The molecule has 1 saturated carbocycles. The molecule has 38 heavy (non-hydrogen) atoms. The van der Waals surface area contributed by atoms with E-state index in [2.05, 4.69) is 25.0 Å². The summed E-state index contributed by atoms with van der Waals surface area (Å²) < 4.78 is 42.7. The summed E-state index contributed by atoms with van der Waals surface area (Å²) in [5.41, 5.74) is 7.55. The fourth-order valence-electron chi connectivity index (χ4n) is 4.26. The summed E-state index contributed by atoms with van der Waals surface area (Å²) in [5.74, 6) is -0.0376. The minimum Gasteiger partial charge on any atom is -0.351 e. The third-order valence-corrected chi connectivity index (χ3v) is 8.72. The van der Waals surface area contributed by atoms with Crippen LogP contribution in [0.5, 0.6) is 0 Å². The van der Waals surface area contributed by atoms with Gasteiger partial charge in [0.15, 0.2) is 0 Å². The van der Waals surface area contributed by atoms with Crippen molar-refractivity contribution in [3.63, 3.8) is 0 Å². The second-order valence-corrected chi connectivity index (χ2v) is 11.8. The van der Waals surface area contributed by atoms with Crippen molar-refractivity contribution in [2.75, 3.05) is 10.0 Å². The van der Waals surface area contributed by atoms with Crippen molar-refractivity contribution < 1.29 is 12.8 Å². The highest BCUT2D eigenvalue weighted by molar-refractivity contribution is 7.99. The summed E-state index contributed by atoms with van der Waals surface area (Å²) in [6.07, 6.45) is 7.21. The van der Waals surface area contributed by atoms with E-state index in [0.717, 1.165) is 49.1 Å². The minimum absolute atomic E-state index is 0.0998. The van der Waals surface area contributed by atoms with Gasteiger partial charge in [0.2, 0.25) is 5.95 Å². The van der Waals surface area contributed by atoms with Crippen LogP contribution in [0.3, 0.4) is 0 Å². The molecule has 11 heteroatoms. The van der Waals surface area contributed by atoms with Crippen molar-refractivity contribution in [1.82, 2.24) is 15.0 Å². The van der Waals surface area contributed by atoms with Gasteiger partial charge in [0, 0.05) is 34.9 Å². The molecule has 8 nitrogen and oxygen atoms in total. The minimum atomic E-state index is -3.82. The molecule has 2 aromatic heterocycles. The molecule has 1 aliphatic rings. The number of halogens is 1. The number of benzene rings is 2. The highest BCUT2D eigenvalue weighted by Crippen LogP contribution is 2.36. The Labute approximate surface area is 225 Å². The average Bonchev–Trinajstić information content (AvgIpc) is 2.92. The van der Waals surface area contributed by atoms with Gasteiger partial charge in [0.25, 0.3) is 10.0 Å². The highest BCUT2D eigenvalue weighted by atomic mass is 32.2. The molecule has 2 heterocycles. The van der Waals surface area contributed by atoms with Gasteiger partial charge in [-0.3, -0.25) is 4.72 Å². The predicted molar refractivity (Wildman–Crippen MR) is 147 cm³/mol. The second kappa shape index (κ2) is 11.5. The normalized spacial score (nSPS) is 17.6. The Hall–Kier alpha value is -3.54. The van der Waals surface area contributed by atoms with E-state index in [-0.39, 0.29) is 22.7 Å². The van der Waals surface area contributed by atoms with Crippen molar-refractivity contribution in [3.8, 4) is 11.3 Å². The maximum atomic E-state index is 15.1. The molecule has 1 aliphatic carbocycles. The van der Waals surface area contributed by atoms with Gasteiger partial charge in [-0.05, 0) is 74.2 Å². The largest absolute Gasteiger partial charge is 0.351 e. The molecule has 0 atom stereocenters. The molecule has 0 bridgehead atoms. The lowest BCUT2D eigenvalue weighted by Crippen LogP contribution is -2.33. The number of hydrogen-bond donors (Lipinski definition) is 3. The molecular formula is C27H27FN6O2S2. The van der Waals surface area contributed by atoms with Crippen molar-refractivity contribution in [3.05, 3.63) is 84.9 Å². The van der Waals surface area contributed by atoms with Crippen LogP contribution in [0.4, 0.5) is 16.0 Å². The fourth-order valence-corrected chi connectivity index (χ4v) is 6.22. The first kappa shape index (κ1) is 26.1. The molecule has 4 N–H and O–H groups in total. The standard InChI is InChI=1S/C27H27FN6O2S2/c28-23-17-20(34-38(35,36)21-5-2-1-3-6-21)12-13-25(23)37-26-22(7-4-15-30-26)24-14-16-31-27(33-24)32-19-10-8-18(29)9-11-19/h1-7,12-19,34H,8-11,29H2,(H,31,32,33). The molecule has 4 aromatic rings. The molecule has 0 saturated heterocycles. The molecule has 0 spiro atoms. The van der Waals surface area contributed by atoms with Gasteiger partial charge >= 0.3 is 0 Å². The van der Waals surface area contributed by atoms with Crippen LogP contribution in [0.15, 0.2) is 93.9 Å². The zero-order valence-corrected chi connectivity index (χ0v) is 22.1. The predicted octanol–water partition coefficient (Wildman–Crippen LogP) is 5.31. The Balaban J connectivity index is 1.33. The van der Waals surface area contributed by atoms with Gasteiger partial charge < -0.3 is 11.1 Å². The van der Waals surface area contributed by atoms with E-state index < -0.39 is 15.8 Å². The zero-order chi connectivity index (χ0) is 26.5. The summed E-state index contributed by atoms with van der Waals surface area (Å²) in [4.78, 5) is 13.9. The topological polar surface area (TPSA) is 123 Å². The summed E-state index contributed by atoms with van der Waals surface area (Å²) in [7, 11) is -3.82. The Kier molecular flexibility index (Phi) is 7.87. The number of nitrogens with zero attached hydrogens (tertiary/aromatic N) is 3. The first-order valence-corrected chi connectivity index (χ1v) is 14.5. The van der Waals surface area contributed by atoms with Crippen molar-refractivity contribution >= 4 is 33.4 Å². The second-order valence-electron chi connectivity index (χ2n) is 9.04. The number of pyridine rings is 1. The van der Waals surface area contributed by atoms with E-state index in [9.17, 15) is 8.42 Å². The summed E-state index contributed by atoms with van der Waals surface area (Å²) in [6, 6.07) is 18.2. The molecule has 1 fully saturated rings. The maximum Gasteiger partial charge on any atom is 0.261 e. The first-order chi connectivity index (χ1) is 18.4. The SMILES string of the molecule is NC1CCC(Nc2nccc(-c3cccnc3Sc3ccc(NS(=O)(=O)c4ccccc4)cc3F)n2)CC1. The molecule has 0 unspecified atom stereocenters. The Morgan fingerprint density at radius 1 is 0.921 bits per heavy atom. The van der Waals surface area contributed by atoms with Gasteiger partial charge in [-0.25, -0.2) is 27.8 Å². The Morgan fingerprint density at radius 2 is 1.71 bits per heavy atom. The van der Waals surface area contributed by atoms with E-state index in [1.54, 1.807) is 42.7 Å². The van der Waals surface area contributed by atoms with Crippen molar-refractivity contribution in [2.45, 2.75) is 52.6 Å². The summed E-state index contributed by atoms with van der Waals surface area (Å²) in [5, 5.41) is 3.97. The third-order valence-electron chi connectivity index (χ3n) is 6.25. The van der Waals surface area contributed by atoms with E-state index >= 15 is 4.39 Å². The van der Waals surface area contributed by atoms with Gasteiger partial charge in [-0.2, -0.15) is 0 Å². The van der Waals surface area contributed by atoms with Crippen LogP contribution < -0.4 is 15.8 Å². The fraction of sp³-hybridized carbons (Fsp3) is 0.222. The van der Waals surface area contributed by atoms with Crippen LogP contribution in [-0.2, 0) is 10.0 Å². The Morgan fingerprint density at radius 3 is 2.47 bits per heavy atom. The number of nitrogens with one attached hydrogen (secondary N) is 2. The Bertz CT molecular complexity index is 1510. The first-order valence-electron chi connectivity index (χ1n) is 12.2. The van der Waals surface area contributed by atoms with Gasteiger partial charge in [-0.15, -0.1) is 0 Å². The number of rotatable bonds is 8.